The van der Waals surface area contributed by atoms with Crippen molar-refractivity contribution in [2.45, 2.75) is 56.3 Å². The number of hydrogen-bond acceptors (Lipinski definition) is 21. The van der Waals surface area contributed by atoms with E-state index in [9.17, 15) is 48.5 Å². The Morgan fingerprint density at radius 1 is 1.06 bits per heavy atom. The molecule has 53 heavy (non-hydrogen) atoms. The second-order valence-corrected chi connectivity index (χ2v) is 21.5. The van der Waals surface area contributed by atoms with Crippen LogP contribution < -0.4 is 17.0 Å². The summed E-state index contributed by atoms with van der Waals surface area (Å²) in [4.78, 5) is 82.1. The van der Waals surface area contributed by atoms with E-state index in [0.717, 1.165) is 10.9 Å². The molecule has 0 bridgehead atoms. The predicted molar refractivity (Wildman–Crippen MR) is 185 cm³/mol. The van der Waals surface area contributed by atoms with Crippen molar-refractivity contribution >= 4 is 71.0 Å². The summed E-state index contributed by atoms with van der Waals surface area (Å²) in [5, 5.41) is 24.6. The molecule has 0 radical (unpaired) electrons. The van der Waals surface area contributed by atoms with Gasteiger partial charge in [0.15, 0.2) is 23.6 Å². The van der Waals surface area contributed by atoms with E-state index in [-0.39, 0.29) is 29.0 Å². The number of aromatic nitrogens is 6. The SMILES string of the molecule is Cc1cn([C@H]2C[C@H](N=[N+]=[N-])[C@@H](CO[P+](O)([S-])OP(=O)(O)CP(=O)(O)O[P+](O)([S-])OC[C@H]3O[C@@H](n4cnc5c(N)ncnc54)[C@H](O)[C@@H]3O)O2)c(=O)[nH]c1=O. The summed E-state index contributed by atoms with van der Waals surface area (Å²) in [6, 6.07) is -1.02. The molecule has 9 N–H and O–H groups in total. The Morgan fingerprint density at radius 3 is 2.30 bits per heavy atom. The third kappa shape index (κ3) is 10.2. The number of aliphatic hydroxyl groups excluding tert-OH is 2. The Kier molecular flexibility index (Phi) is 12.8. The van der Waals surface area contributed by atoms with E-state index in [4.69, 9.17) is 54.3 Å². The van der Waals surface area contributed by atoms with Crippen LogP contribution in [0.3, 0.4) is 0 Å². The second kappa shape index (κ2) is 16.2. The van der Waals surface area contributed by atoms with Gasteiger partial charge < -0.3 is 59.7 Å². The van der Waals surface area contributed by atoms with Crippen molar-refractivity contribution in [1.29, 1.82) is 0 Å². The van der Waals surface area contributed by atoms with Crippen LogP contribution in [0.1, 0.15) is 24.4 Å². The number of fused-ring (bicyclic) bond motifs is 1. The highest BCUT2D eigenvalue weighted by Gasteiger charge is 2.50. The number of aliphatic hydroxyl groups is 2. The van der Waals surface area contributed by atoms with Crippen molar-refractivity contribution in [1.82, 2.24) is 29.1 Å². The lowest BCUT2D eigenvalue weighted by Gasteiger charge is -2.27. The Labute approximate surface area is 307 Å². The lowest BCUT2D eigenvalue weighted by atomic mass is 10.1. The van der Waals surface area contributed by atoms with Gasteiger partial charge in [-0.25, -0.2) is 29.5 Å². The van der Waals surface area contributed by atoms with Crippen LogP contribution in [0, 0.1) is 6.92 Å². The number of nitrogens with zero attached hydrogens (tertiary/aromatic N) is 8. The van der Waals surface area contributed by atoms with Gasteiger partial charge in [-0.3, -0.25) is 28.0 Å². The molecule has 26 nitrogen and oxygen atoms in total. The maximum atomic E-state index is 12.8. The van der Waals surface area contributed by atoms with Gasteiger partial charge in [0.25, 0.3) is 19.8 Å². The molecule has 4 unspecified atom stereocenters. The molecule has 0 spiro atoms. The largest absolute Gasteiger partial charge is 0.459 e. The third-order valence-corrected chi connectivity index (χ3v) is 16.8. The Hall–Kier alpha value is -2.12. The van der Waals surface area contributed by atoms with Gasteiger partial charge in [0.1, 0.15) is 49.6 Å². The third-order valence-electron chi connectivity index (χ3n) is 7.48. The van der Waals surface area contributed by atoms with Gasteiger partial charge in [0.05, 0.1) is 18.5 Å². The topological polar surface area (TPSA) is 384 Å². The average molecular weight is 867 g/mol. The van der Waals surface area contributed by atoms with Crippen LogP contribution in [0.5, 0.6) is 0 Å². The summed E-state index contributed by atoms with van der Waals surface area (Å²) in [6.07, 6.45) is -4.80. The molecule has 0 aliphatic carbocycles. The number of imidazole rings is 1. The molecule has 5 heterocycles. The summed E-state index contributed by atoms with van der Waals surface area (Å²) in [7, 11) is -20.3. The van der Waals surface area contributed by atoms with Gasteiger partial charge in [-0.15, -0.1) is 8.62 Å². The standard InChI is InChI=1S/C21H30N10O16P4S2/c1-9-3-30(21(35)27-19(9)34)13-2-10(28-29-23)11(44-13)4-42-50(40,52)46-48(36,37)8-49(38,39)47-51(41,53)43-5-12-15(32)16(33)20(45-12)31-7-26-14-17(22)24-6-25-18(14)31/h3,6-7,10-13,15-16,20,32-33H,2,4-5,8H2,1H3,(H,36,37)(H,38,39)(H,40,52)(H,41,53)(H2,22,24,25)(H,27,34,35)/t10-,11+,12+,13+,15+,16+,20+,50?,51?/m0/s1. The number of rotatable bonds is 15. The summed E-state index contributed by atoms with van der Waals surface area (Å²) >= 11 is 9.50. The predicted octanol–water partition coefficient (Wildman–Crippen LogP) is -0.319. The first-order valence-corrected chi connectivity index (χ1v) is 23.3. The Balaban J connectivity index is 1.15. The van der Waals surface area contributed by atoms with Gasteiger partial charge in [0, 0.05) is 23.1 Å². The van der Waals surface area contributed by atoms with Gasteiger partial charge in [-0.1, -0.05) is 5.11 Å². The van der Waals surface area contributed by atoms with Crippen molar-refractivity contribution in [3.8, 4) is 0 Å². The number of aryl methyl sites for hydroxylation is 1. The molecule has 2 aliphatic rings. The minimum Gasteiger partial charge on any atom is -0.459 e. The van der Waals surface area contributed by atoms with Crippen LogP contribution in [0.4, 0.5) is 5.82 Å². The fourth-order valence-corrected chi connectivity index (χ4v) is 14.2. The van der Waals surface area contributed by atoms with Gasteiger partial charge in [0.2, 0.25) is 0 Å². The van der Waals surface area contributed by atoms with Crippen molar-refractivity contribution in [3.63, 3.8) is 0 Å². The zero-order chi connectivity index (χ0) is 39.1. The first-order valence-electron chi connectivity index (χ1n) is 14.6. The van der Waals surface area contributed by atoms with E-state index in [1.807, 2.05) is 0 Å². The van der Waals surface area contributed by atoms with E-state index in [2.05, 4.69) is 38.6 Å². The van der Waals surface area contributed by atoms with Gasteiger partial charge in [-0.2, -0.15) is 9.05 Å². The van der Waals surface area contributed by atoms with E-state index in [1.54, 1.807) is 0 Å². The number of anilines is 1. The van der Waals surface area contributed by atoms with Crippen LogP contribution >= 0.6 is 29.5 Å². The molecule has 2 aliphatic heterocycles. The number of ether oxygens (including phenoxy) is 2. The highest BCUT2D eigenvalue weighted by atomic mass is 32.7. The number of aromatic amines is 1. The summed E-state index contributed by atoms with van der Waals surface area (Å²) < 4.78 is 58.4. The van der Waals surface area contributed by atoms with Gasteiger partial charge in [-0.05, 0) is 12.5 Å². The molecule has 292 valence electrons. The van der Waals surface area contributed by atoms with Crippen molar-refractivity contribution < 1.29 is 66.1 Å². The minimum atomic E-state index is -5.40. The summed E-state index contributed by atoms with van der Waals surface area (Å²) in [6.45, 7) is -0.117. The lowest BCUT2D eigenvalue weighted by Crippen LogP contribution is -2.33. The van der Waals surface area contributed by atoms with Crippen molar-refractivity contribution in [2.24, 2.45) is 5.11 Å². The highest BCUT2D eigenvalue weighted by molar-refractivity contribution is 8.37. The van der Waals surface area contributed by atoms with E-state index >= 15 is 0 Å². The zero-order valence-corrected chi connectivity index (χ0v) is 31.8. The smallest absolute Gasteiger partial charge is 0.379 e. The normalized spacial score (nSPS) is 29.2. The lowest BCUT2D eigenvalue weighted by molar-refractivity contribution is -0.0487. The molecule has 11 atom stereocenters. The molecule has 32 heteroatoms. The van der Waals surface area contributed by atoms with Crippen LogP contribution in [0.25, 0.3) is 21.6 Å². The van der Waals surface area contributed by atoms with Crippen LogP contribution in [0.2, 0.25) is 0 Å². The number of hydrogen-bond donors (Lipinski definition) is 8. The van der Waals surface area contributed by atoms with Crippen LogP contribution in [0.15, 0.2) is 33.6 Å². The maximum absolute atomic E-state index is 12.8. The molecule has 0 saturated carbocycles. The highest BCUT2D eigenvalue weighted by Crippen LogP contribution is 2.74. The zero-order valence-electron chi connectivity index (χ0n) is 26.6. The average Bonchev–Trinajstić information content (AvgIpc) is 3.72. The molecule has 3 aromatic rings. The fraction of sp³-hybridized carbons (Fsp3) is 0.571. The molecule has 2 saturated heterocycles. The monoisotopic (exact) mass is 866 g/mol. The van der Waals surface area contributed by atoms with E-state index in [1.165, 1.54) is 24.0 Å². The first-order chi connectivity index (χ1) is 24.6. The molecular weight excluding hydrogens is 836 g/mol. The number of azide groups is 1. The molecular formula is C21H30N10O16P4S2. The molecule has 0 amide bonds. The quantitative estimate of drug-likeness (QED) is 0.0319. The first kappa shape index (κ1) is 42.0. The summed E-state index contributed by atoms with van der Waals surface area (Å²) in [5.74, 6) is -1.75. The Morgan fingerprint density at radius 2 is 1.68 bits per heavy atom. The van der Waals surface area contributed by atoms with Crippen molar-refractivity contribution in [2.75, 3.05) is 24.9 Å². The second-order valence-electron chi connectivity index (χ2n) is 11.4. The fourth-order valence-electron chi connectivity index (χ4n) is 5.16. The van der Waals surface area contributed by atoms with Crippen LogP contribution in [-0.4, -0.2) is 108 Å². The Bertz CT molecular complexity index is 2100. The maximum Gasteiger partial charge on any atom is 0.379 e. The number of H-pyrrole nitrogens is 1. The van der Waals surface area contributed by atoms with Crippen LogP contribution in [-0.2, 0) is 60.8 Å². The van der Waals surface area contributed by atoms with E-state index < -0.39 is 103 Å². The number of nitrogens with two attached hydrogens (primary N) is 1. The van der Waals surface area contributed by atoms with Gasteiger partial charge >= 0.3 is 20.9 Å². The molecule has 5 rings (SSSR count). The molecule has 2 fully saturated rings. The summed E-state index contributed by atoms with van der Waals surface area (Å²) in [5.41, 5.74) is 13.7. The van der Waals surface area contributed by atoms with E-state index in [0.29, 0.717) is 0 Å². The molecule has 0 aromatic carbocycles. The number of nitrogens with one attached hydrogen (secondary N) is 1. The minimum absolute atomic E-state index is 0.0326. The number of nitrogen functional groups attached to an aromatic ring is 1. The van der Waals surface area contributed by atoms with Crippen molar-refractivity contribution in [3.05, 3.63) is 55.7 Å². The molecule has 3 aromatic heterocycles.